The molecule has 3 rings (SSSR count). The molecule has 21 heavy (non-hydrogen) atoms. The maximum atomic E-state index is 5.31. The van der Waals surface area contributed by atoms with Crippen molar-refractivity contribution in [1.29, 1.82) is 0 Å². The molecule has 0 N–H and O–H groups in total. The van der Waals surface area contributed by atoms with Crippen LogP contribution >= 0.6 is 11.8 Å². The summed E-state index contributed by atoms with van der Waals surface area (Å²) in [4.78, 5) is 9.93. The predicted molar refractivity (Wildman–Crippen MR) is 83.2 cm³/mol. The minimum absolute atomic E-state index is 0.697. The van der Waals surface area contributed by atoms with Gasteiger partial charge in [-0.1, -0.05) is 18.2 Å². The number of hydrogen-bond donors (Lipinski definition) is 0. The van der Waals surface area contributed by atoms with Crippen LogP contribution in [0.5, 0.6) is 11.5 Å². The van der Waals surface area contributed by atoms with Crippen LogP contribution in [-0.2, 0) is 0 Å². The molecular weight excluding hydrogens is 284 g/mol. The number of ether oxygens (including phenoxy) is 2. The molecule has 0 amide bonds. The first-order valence-electron chi connectivity index (χ1n) is 6.42. The maximum Gasteiger partial charge on any atom is 0.192 e. The predicted octanol–water partition coefficient (Wildman–Crippen LogP) is 3.80. The van der Waals surface area contributed by atoms with Crippen molar-refractivity contribution < 1.29 is 9.47 Å². The van der Waals surface area contributed by atoms with Crippen LogP contribution in [-0.4, -0.2) is 24.2 Å². The third-order valence-corrected chi connectivity index (χ3v) is 3.90. The number of aromatic nitrogens is 2. The summed E-state index contributed by atoms with van der Waals surface area (Å²) in [6.45, 7) is 0. The van der Waals surface area contributed by atoms with Crippen LogP contribution in [0.4, 0.5) is 0 Å². The molecule has 0 fully saturated rings. The number of benzene rings is 2. The normalized spacial score (nSPS) is 10.6. The van der Waals surface area contributed by atoms with Crippen molar-refractivity contribution in [3.8, 4) is 11.5 Å². The standard InChI is InChI=1S/C16H14N2O2S/c1-19-14-8-7-12(9-15(14)20-2)21-16-17-10-11-5-3-4-6-13(11)18-16/h3-10H,1-2H3. The van der Waals surface area contributed by atoms with Gasteiger partial charge in [-0.2, -0.15) is 0 Å². The van der Waals surface area contributed by atoms with E-state index in [1.165, 1.54) is 11.8 Å². The summed E-state index contributed by atoms with van der Waals surface area (Å²) >= 11 is 1.49. The molecule has 0 saturated heterocycles. The molecule has 4 nitrogen and oxygen atoms in total. The monoisotopic (exact) mass is 298 g/mol. The topological polar surface area (TPSA) is 44.2 Å². The molecule has 0 saturated carbocycles. The number of hydrogen-bond acceptors (Lipinski definition) is 5. The van der Waals surface area contributed by atoms with Gasteiger partial charge in [0.05, 0.1) is 19.7 Å². The fraction of sp³-hybridized carbons (Fsp3) is 0.125. The summed E-state index contributed by atoms with van der Waals surface area (Å²) in [7, 11) is 3.25. The van der Waals surface area contributed by atoms with Gasteiger partial charge in [-0.05, 0) is 36.0 Å². The summed E-state index contributed by atoms with van der Waals surface area (Å²) in [5.74, 6) is 1.41. The Morgan fingerprint density at radius 3 is 2.57 bits per heavy atom. The fourth-order valence-electron chi connectivity index (χ4n) is 1.99. The first-order chi connectivity index (χ1) is 10.3. The molecule has 0 spiro atoms. The number of methoxy groups -OCH3 is 2. The van der Waals surface area contributed by atoms with Crippen molar-refractivity contribution in [2.45, 2.75) is 10.1 Å². The van der Waals surface area contributed by atoms with Crippen molar-refractivity contribution in [3.63, 3.8) is 0 Å². The molecule has 3 aromatic rings. The Hall–Kier alpha value is -2.27. The van der Waals surface area contributed by atoms with Crippen molar-refractivity contribution >= 4 is 22.7 Å². The molecule has 106 valence electrons. The van der Waals surface area contributed by atoms with E-state index in [1.54, 1.807) is 14.2 Å². The third-order valence-electron chi connectivity index (χ3n) is 3.03. The van der Waals surface area contributed by atoms with Gasteiger partial charge in [0.25, 0.3) is 0 Å². The van der Waals surface area contributed by atoms with Gasteiger partial charge < -0.3 is 9.47 Å². The lowest BCUT2D eigenvalue weighted by Gasteiger charge is -2.09. The molecule has 2 aromatic carbocycles. The van der Waals surface area contributed by atoms with Gasteiger partial charge in [-0.3, -0.25) is 0 Å². The van der Waals surface area contributed by atoms with Gasteiger partial charge in [0.2, 0.25) is 0 Å². The van der Waals surface area contributed by atoms with E-state index >= 15 is 0 Å². The first kappa shape index (κ1) is 13.7. The van der Waals surface area contributed by atoms with Gasteiger partial charge >= 0.3 is 0 Å². The van der Waals surface area contributed by atoms with Crippen LogP contribution in [0.25, 0.3) is 10.9 Å². The number of nitrogens with zero attached hydrogens (tertiary/aromatic N) is 2. The summed E-state index contributed by atoms with van der Waals surface area (Å²) in [5.41, 5.74) is 0.940. The van der Waals surface area contributed by atoms with E-state index in [4.69, 9.17) is 9.47 Å². The van der Waals surface area contributed by atoms with Crippen molar-refractivity contribution in [1.82, 2.24) is 9.97 Å². The molecule has 0 unspecified atom stereocenters. The van der Waals surface area contributed by atoms with Crippen LogP contribution in [0.15, 0.2) is 58.7 Å². The SMILES string of the molecule is COc1ccc(Sc2ncc3ccccc3n2)cc1OC. The van der Waals surface area contributed by atoms with Crippen molar-refractivity contribution in [3.05, 3.63) is 48.7 Å². The summed E-state index contributed by atoms with van der Waals surface area (Å²) < 4.78 is 10.5. The Morgan fingerprint density at radius 1 is 0.952 bits per heavy atom. The average Bonchev–Trinajstić information content (AvgIpc) is 2.54. The van der Waals surface area contributed by atoms with Crippen molar-refractivity contribution in [2.24, 2.45) is 0 Å². The number of para-hydroxylation sites is 1. The Bertz CT molecular complexity index is 777. The molecule has 0 radical (unpaired) electrons. The molecule has 5 heteroatoms. The van der Waals surface area contributed by atoms with Gasteiger partial charge in [-0.25, -0.2) is 9.97 Å². The van der Waals surface area contributed by atoms with Gasteiger partial charge in [0.1, 0.15) is 0 Å². The molecule has 0 aliphatic rings. The zero-order valence-corrected chi connectivity index (χ0v) is 12.6. The quantitative estimate of drug-likeness (QED) is 0.685. The lowest BCUT2D eigenvalue weighted by Crippen LogP contribution is -1.91. The highest BCUT2D eigenvalue weighted by Gasteiger charge is 2.07. The number of fused-ring (bicyclic) bond motifs is 1. The van der Waals surface area contributed by atoms with Crippen LogP contribution in [0.1, 0.15) is 0 Å². The Labute approximate surface area is 127 Å². The molecule has 0 bridgehead atoms. The van der Waals surface area contributed by atoms with Gasteiger partial charge in [-0.15, -0.1) is 0 Å². The highest BCUT2D eigenvalue weighted by Crippen LogP contribution is 2.34. The molecular formula is C16H14N2O2S. The molecule has 0 atom stereocenters. The fourth-order valence-corrected chi connectivity index (χ4v) is 2.75. The van der Waals surface area contributed by atoms with E-state index in [0.717, 1.165) is 15.8 Å². The summed E-state index contributed by atoms with van der Waals surface area (Å²) in [5, 5.41) is 1.75. The van der Waals surface area contributed by atoms with E-state index in [9.17, 15) is 0 Å². The number of rotatable bonds is 4. The van der Waals surface area contributed by atoms with E-state index in [2.05, 4.69) is 9.97 Å². The second-order valence-corrected chi connectivity index (χ2v) is 5.37. The van der Waals surface area contributed by atoms with Gasteiger partial charge in [0.15, 0.2) is 16.7 Å². The second kappa shape index (κ2) is 6.01. The minimum atomic E-state index is 0.697. The Morgan fingerprint density at radius 2 is 1.76 bits per heavy atom. The maximum absolute atomic E-state index is 5.31. The second-order valence-electron chi connectivity index (χ2n) is 4.33. The largest absolute Gasteiger partial charge is 0.493 e. The van der Waals surface area contributed by atoms with Crippen LogP contribution in [0.2, 0.25) is 0 Å². The lowest BCUT2D eigenvalue weighted by atomic mass is 10.2. The zero-order chi connectivity index (χ0) is 14.7. The average molecular weight is 298 g/mol. The van der Waals surface area contributed by atoms with Gasteiger partial charge in [0, 0.05) is 16.5 Å². The van der Waals surface area contributed by atoms with E-state index in [-0.39, 0.29) is 0 Å². The molecule has 0 aliphatic heterocycles. The Balaban J connectivity index is 1.91. The smallest absolute Gasteiger partial charge is 0.192 e. The minimum Gasteiger partial charge on any atom is -0.493 e. The van der Waals surface area contributed by atoms with E-state index < -0.39 is 0 Å². The van der Waals surface area contributed by atoms with E-state index in [1.807, 2.05) is 48.7 Å². The summed E-state index contributed by atoms with van der Waals surface area (Å²) in [6, 6.07) is 13.7. The Kier molecular flexibility index (Phi) is 3.92. The summed E-state index contributed by atoms with van der Waals surface area (Å²) in [6.07, 6.45) is 1.84. The first-order valence-corrected chi connectivity index (χ1v) is 7.23. The highest BCUT2D eigenvalue weighted by molar-refractivity contribution is 7.99. The van der Waals surface area contributed by atoms with Crippen molar-refractivity contribution in [2.75, 3.05) is 14.2 Å². The van der Waals surface area contributed by atoms with Crippen LogP contribution in [0, 0.1) is 0 Å². The molecule has 0 aliphatic carbocycles. The highest BCUT2D eigenvalue weighted by atomic mass is 32.2. The zero-order valence-electron chi connectivity index (χ0n) is 11.7. The lowest BCUT2D eigenvalue weighted by molar-refractivity contribution is 0.354. The molecule has 1 heterocycles. The van der Waals surface area contributed by atoms with Crippen LogP contribution < -0.4 is 9.47 Å². The van der Waals surface area contributed by atoms with Crippen LogP contribution in [0.3, 0.4) is 0 Å². The molecule has 1 aromatic heterocycles. The third kappa shape index (κ3) is 2.92. The van der Waals surface area contributed by atoms with E-state index in [0.29, 0.717) is 16.7 Å².